The predicted molar refractivity (Wildman–Crippen MR) is 103 cm³/mol. The molecule has 0 aliphatic heterocycles. The molecule has 0 fully saturated rings. The van der Waals surface area contributed by atoms with Crippen LogP contribution < -0.4 is 15.2 Å². The van der Waals surface area contributed by atoms with Gasteiger partial charge in [-0.15, -0.1) is 0 Å². The Morgan fingerprint density at radius 3 is 1.81 bits per heavy atom. The molecule has 4 N–H and O–H groups in total. The number of aryl methyl sites for hydroxylation is 1. The maximum Gasteiger partial charge on any atom is 0.119 e. The first-order chi connectivity index (χ1) is 12.6. The van der Waals surface area contributed by atoms with Gasteiger partial charge in [0.15, 0.2) is 0 Å². The standard InChI is InChI=1S/C21H29NO4/c1-2-25-19-7-5-18(6-8-19)12-14-26-20-9-3-17(4-10-20)11-13-21(22,15-23)16-24/h3-10,23-24H,2,11-16,22H2,1H3. The zero-order valence-electron chi connectivity index (χ0n) is 15.4. The molecule has 0 saturated carbocycles. The van der Waals surface area contributed by atoms with Gasteiger partial charge in [0.1, 0.15) is 11.5 Å². The van der Waals surface area contributed by atoms with E-state index >= 15 is 0 Å². The topological polar surface area (TPSA) is 84.9 Å². The second kappa shape index (κ2) is 10.2. The molecule has 0 saturated heterocycles. The van der Waals surface area contributed by atoms with Gasteiger partial charge in [0.25, 0.3) is 0 Å². The van der Waals surface area contributed by atoms with Crippen molar-refractivity contribution in [2.75, 3.05) is 26.4 Å². The van der Waals surface area contributed by atoms with Crippen LogP contribution in [0.2, 0.25) is 0 Å². The van der Waals surface area contributed by atoms with Crippen LogP contribution in [0.4, 0.5) is 0 Å². The van der Waals surface area contributed by atoms with Gasteiger partial charge in [-0.1, -0.05) is 24.3 Å². The highest BCUT2D eigenvalue weighted by Gasteiger charge is 2.22. The smallest absolute Gasteiger partial charge is 0.119 e. The zero-order chi connectivity index (χ0) is 18.8. The average molecular weight is 359 g/mol. The molecule has 5 nitrogen and oxygen atoms in total. The molecule has 0 unspecified atom stereocenters. The van der Waals surface area contributed by atoms with Gasteiger partial charge in [0, 0.05) is 6.42 Å². The Morgan fingerprint density at radius 1 is 0.808 bits per heavy atom. The largest absolute Gasteiger partial charge is 0.494 e. The third-order valence-corrected chi connectivity index (χ3v) is 4.36. The molecule has 142 valence electrons. The van der Waals surface area contributed by atoms with Crippen LogP contribution in [0.15, 0.2) is 48.5 Å². The van der Waals surface area contributed by atoms with Crippen LogP contribution in [0, 0.1) is 0 Å². The Labute approximate surface area is 155 Å². The number of ether oxygens (including phenoxy) is 2. The fourth-order valence-electron chi connectivity index (χ4n) is 2.56. The van der Waals surface area contributed by atoms with Gasteiger partial charge in [-0.3, -0.25) is 0 Å². The molecule has 0 amide bonds. The monoisotopic (exact) mass is 359 g/mol. The summed E-state index contributed by atoms with van der Waals surface area (Å²) in [5.74, 6) is 1.71. The van der Waals surface area contributed by atoms with Gasteiger partial charge >= 0.3 is 0 Å². The summed E-state index contributed by atoms with van der Waals surface area (Å²) in [4.78, 5) is 0. The average Bonchev–Trinajstić information content (AvgIpc) is 2.69. The van der Waals surface area contributed by atoms with Crippen LogP contribution in [0.5, 0.6) is 11.5 Å². The van der Waals surface area contributed by atoms with Gasteiger partial charge in [0.05, 0.1) is 32.0 Å². The van der Waals surface area contributed by atoms with Crippen molar-refractivity contribution < 1.29 is 19.7 Å². The molecule has 0 aliphatic rings. The molecule has 2 rings (SSSR count). The second-order valence-corrected chi connectivity index (χ2v) is 6.50. The number of hydrogen-bond acceptors (Lipinski definition) is 5. The van der Waals surface area contributed by atoms with E-state index in [9.17, 15) is 10.2 Å². The lowest BCUT2D eigenvalue weighted by molar-refractivity contribution is 0.115. The van der Waals surface area contributed by atoms with Crippen molar-refractivity contribution in [1.29, 1.82) is 0 Å². The normalized spacial score (nSPS) is 11.4. The molecule has 0 bridgehead atoms. The summed E-state index contributed by atoms with van der Waals surface area (Å²) < 4.78 is 11.2. The molecule has 2 aromatic carbocycles. The summed E-state index contributed by atoms with van der Waals surface area (Å²) in [6, 6.07) is 15.9. The van der Waals surface area contributed by atoms with Gasteiger partial charge in [-0.05, 0) is 55.2 Å². The minimum atomic E-state index is -0.924. The Hall–Kier alpha value is -2.08. The Balaban J connectivity index is 1.76. The molecular weight excluding hydrogens is 330 g/mol. The second-order valence-electron chi connectivity index (χ2n) is 6.50. The van der Waals surface area contributed by atoms with Gasteiger partial charge in [0.2, 0.25) is 0 Å². The predicted octanol–water partition coefficient (Wildman–Crippen LogP) is 2.32. The van der Waals surface area contributed by atoms with E-state index in [1.807, 2.05) is 43.3 Å². The zero-order valence-corrected chi connectivity index (χ0v) is 15.4. The van der Waals surface area contributed by atoms with Crippen LogP contribution in [0.1, 0.15) is 24.5 Å². The van der Waals surface area contributed by atoms with Gasteiger partial charge in [-0.25, -0.2) is 0 Å². The van der Waals surface area contributed by atoms with Gasteiger partial charge in [-0.2, -0.15) is 0 Å². The first-order valence-electron chi connectivity index (χ1n) is 9.02. The lowest BCUT2D eigenvalue weighted by atomic mass is 9.94. The summed E-state index contributed by atoms with van der Waals surface area (Å²) in [5.41, 5.74) is 7.27. The lowest BCUT2D eigenvalue weighted by Crippen LogP contribution is -2.47. The SMILES string of the molecule is CCOc1ccc(CCOc2ccc(CCC(N)(CO)CO)cc2)cc1. The number of aliphatic hydroxyl groups is 2. The van der Waals surface area contributed by atoms with E-state index < -0.39 is 5.54 Å². The highest BCUT2D eigenvalue weighted by molar-refractivity contribution is 5.29. The summed E-state index contributed by atoms with van der Waals surface area (Å²) in [6.07, 6.45) is 2.05. The quantitative estimate of drug-likeness (QED) is 0.573. The third-order valence-electron chi connectivity index (χ3n) is 4.36. The number of aliphatic hydroxyl groups excluding tert-OH is 2. The van der Waals surface area contributed by atoms with E-state index in [-0.39, 0.29) is 13.2 Å². The number of nitrogens with two attached hydrogens (primary N) is 1. The van der Waals surface area contributed by atoms with E-state index in [0.29, 0.717) is 26.1 Å². The summed E-state index contributed by atoms with van der Waals surface area (Å²) >= 11 is 0. The highest BCUT2D eigenvalue weighted by Crippen LogP contribution is 2.17. The van der Waals surface area contributed by atoms with Gasteiger partial charge < -0.3 is 25.4 Å². The Bertz CT molecular complexity index is 636. The summed E-state index contributed by atoms with van der Waals surface area (Å²) in [5, 5.41) is 18.5. The molecule has 26 heavy (non-hydrogen) atoms. The minimum Gasteiger partial charge on any atom is -0.494 e. The van der Waals surface area contributed by atoms with Crippen molar-refractivity contribution in [1.82, 2.24) is 0 Å². The molecule has 0 aromatic heterocycles. The van der Waals surface area contributed by atoms with Crippen LogP contribution in [0.25, 0.3) is 0 Å². The molecule has 0 heterocycles. The maximum absolute atomic E-state index is 9.23. The summed E-state index contributed by atoms with van der Waals surface area (Å²) in [6.45, 7) is 2.80. The van der Waals surface area contributed by atoms with E-state index in [2.05, 4.69) is 12.1 Å². The van der Waals surface area contributed by atoms with Crippen molar-refractivity contribution in [2.24, 2.45) is 5.73 Å². The molecule has 5 heteroatoms. The maximum atomic E-state index is 9.23. The Morgan fingerprint density at radius 2 is 1.31 bits per heavy atom. The molecule has 0 radical (unpaired) electrons. The molecule has 2 aromatic rings. The van der Waals surface area contributed by atoms with Crippen molar-refractivity contribution >= 4 is 0 Å². The van der Waals surface area contributed by atoms with Crippen LogP contribution >= 0.6 is 0 Å². The van der Waals surface area contributed by atoms with Crippen molar-refractivity contribution in [3.8, 4) is 11.5 Å². The number of hydrogen-bond donors (Lipinski definition) is 3. The number of benzene rings is 2. The molecular formula is C21H29NO4. The third kappa shape index (κ3) is 6.33. The Kier molecular flexibility index (Phi) is 7.91. The van der Waals surface area contributed by atoms with E-state index in [1.165, 1.54) is 5.56 Å². The van der Waals surface area contributed by atoms with Crippen molar-refractivity contribution in [2.45, 2.75) is 31.7 Å². The fraction of sp³-hybridized carbons (Fsp3) is 0.429. The lowest BCUT2D eigenvalue weighted by Gasteiger charge is -2.24. The molecule has 0 aliphatic carbocycles. The van der Waals surface area contributed by atoms with E-state index in [1.54, 1.807) is 0 Å². The van der Waals surface area contributed by atoms with E-state index in [4.69, 9.17) is 15.2 Å². The van der Waals surface area contributed by atoms with Crippen molar-refractivity contribution in [3.05, 3.63) is 59.7 Å². The molecule has 0 spiro atoms. The van der Waals surface area contributed by atoms with E-state index in [0.717, 1.165) is 23.5 Å². The van der Waals surface area contributed by atoms with Crippen LogP contribution in [0.3, 0.4) is 0 Å². The highest BCUT2D eigenvalue weighted by atomic mass is 16.5. The fourth-order valence-corrected chi connectivity index (χ4v) is 2.56. The first kappa shape index (κ1) is 20.2. The molecule has 0 atom stereocenters. The first-order valence-corrected chi connectivity index (χ1v) is 9.02. The van der Waals surface area contributed by atoms with Crippen LogP contribution in [-0.2, 0) is 12.8 Å². The van der Waals surface area contributed by atoms with Crippen LogP contribution in [-0.4, -0.2) is 42.2 Å². The summed E-state index contributed by atoms with van der Waals surface area (Å²) in [7, 11) is 0. The number of rotatable bonds is 11. The minimum absolute atomic E-state index is 0.226. The van der Waals surface area contributed by atoms with Crippen molar-refractivity contribution in [3.63, 3.8) is 0 Å².